The third-order valence-electron chi connectivity index (χ3n) is 2.62. The van der Waals surface area contributed by atoms with Gasteiger partial charge >= 0.3 is 0 Å². The van der Waals surface area contributed by atoms with Crippen molar-refractivity contribution < 1.29 is 9.84 Å². The standard InChI is InChI=1S/C13H19N3O2/c1-9(2)16-7-10(17)8-18-13-11-3-5-14-12(11)4-6-15-13/h3-6,9-10,14,16-17H,7-8H2,1-2H3. The zero-order valence-corrected chi connectivity index (χ0v) is 10.7. The average Bonchev–Trinajstić information content (AvgIpc) is 2.82. The minimum atomic E-state index is -0.539. The molecule has 98 valence electrons. The molecule has 0 saturated carbocycles. The van der Waals surface area contributed by atoms with Crippen LogP contribution in [0.1, 0.15) is 13.8 Å². The summed E-state index contributed by atoms with van der Waals surface area (Å²) in [5, 5.41) is 13.8. The zero-order chi connectivity index (χ0) is 13.0. The van der Waals surface area contributed by atoms with Crippen LogP contribution in [0, 0.1) is 0 Å². The first-order valence-electron chi connectivity index (χ1n) is 6.13. The van der Waals surface area contributed by atoms with Crippen molar-refractivity contribution in [1.82, 2.24) is 15.3 Å². The molecule has 2 aromatic rings. The van der Waals surface area contributed by atoms with Crippen LogP contribution < -0.4 is 10.1 Å². The van der Waals surface area contributed by atoms with Crippen molar-refractivity contribution in [2.24, 2.45) is 0 Å². The summed E-state index contributed by atoms with van der Waals surface area (Å²) in [6, 6.07) is 4.15. The Labute approximate surface area is 106 Å². The molecule has 2 heterocycles. The summed E-state index contributed by atoms with van der Waals surface area (Å²) in [6.45, 7) is 4.82. The smallest absolute Gasteiger partial charge is 0.222 e. The number of hydrogen-bond acceptors (Lipinski definition) is 4. The van der Waals surface area contributed by atoms with Gasteiger partial charge in [0.05, 0.1) is 10.9 Å². The number of aromatic nitrogens is 2. The van der Waals surface area contributed by atoms with E-state index in [1.807, 2.05) is 32.2 Å². The number of H-pyrrole nitrogens is 1. The van der Waals surface area contributed by atoms with Crippen LogP contribution in [0.25, 0.3) is 10.9 Å². The van der Waals surface area contributed by atoms with E-state index in [0.717, 1.165) is 10.9 Å². The quantitative estimate of drug-likeness (QED) is 0.721. The topological polar surface area (TPSA) is 70.2 Å². The number of aliphatic hydroxyl groups excluding tert-OH is 1. The molecule has 1 unspecified atom stereocenters. The summed E-state index contributed by atoms with van der Waals surface area (Å²) >= 11 is 0. The van der Waals surface area contributed by atoms with Gasteiger partial charge in [0.25, 0.3) is 0 Å². The Balaban J connectivity index is 1.91. The van der Waals surface area contributed by atoms with Crippen LogP contribution in [0.2, 0.25) is 0 Å². The molecule has 5 heteroatoms. The molecular formula is C13H19N3O2. The van der Waals surface area contributed by atoms with Crippen molar-refractivity contribution >= 4 is 10.9 Å². The summed E-state index contributed by atoms with van der Waals surface area (Å²) in [5.41, 5.74) is 0.981. The Kier molecular flexibility index (Phi) is 4.17. The van der Waals surface area contributed by atoms with Crippen molar-refractivity contribution in [3.63, 3.8) is 0 Å². The molecule has 18 heavy (non-hydrogen) atoms. The maximum atomic E-state index is 9.76. The minimum absolute atomic E-state index is 0.233. The summed E-state index contributed by atoms with van der Waals surface area (Å²) < 4.78 is 5.55. The monoisotopic (exact) mass is 249 g/mol. The van der Waals surface area contributed by atoms with Gasteiger partial charge in [-0.05, 0) is 12.1 Å². The molecule has 2 rings (SSSR count). The van der Waals surface area contributed by atoms with Crippen LogP contribution in [-0.2, 0) is 0 Å². The number of fused-ring (bicyclic) bond motifs is 1. The number of aromatic amines is 1. The number of ether oxygens (including phenoxy) is 1. The van der Waals surface area contributed by atoms with E-state index < -0.39 is 6.10 Å². The van der Waals surface area contributed by atoms with Gasteiger partial charge in [-0.3, -0.25) is 0 Å². The molecule has 0 fully saturated rings. The largest absolute Gasteiger partial charge is 0.474 e. The molecule has 0 aliphatic carbocycles. The van der Waals surface area contributed by atoms with Crippen LogP contribution in [0.4, 0.5) is 0 Å². The van der Waals surface area contributed by atoms with Gasteiger partial charge in [0.1, 0.15) is 12.7 Å². The van der Waals surface area contributed by atoms with Gasteiger partial charge in [0, 0.05) is 25.0 Å². The van der Waals surface area contributed by atoms with Crippen molar-refractivity contribution in [2.45, 2.75) is 26.0 Å². The zero-order valence-electron chi connectivity index (χ0n) is 10.7. The van der Waals surface area contributed by atoms with E-state index in [4.69, 9.17) is 4.74 Å². The molecule has 2 aromatic heterocycles. The lowest BCUT2D eigenvalue weighted by molar-refractivity contribution is 0.103. The highest BCUT2D eigenvalue weighted by Crippen LogP contribution is 2.21. The van der Waals surface area contributed by atoms with E-state index in [-0.39, 0.29) is 6.61 Å². The van der Waals surface area contributed by atoms with Crippen LogP contribution in [0.5, 0.6) is 5.88 Å². The van der Waals surface area contributed by atoms with Gasteiger partial charge in [-0.1, -0.05) is 13.8 Å². The van der Waals surface area contributed by atoms with Crippen molar-refractivity contribution in [1.29, 1.82) is 0 Å². The third kappa shape index (κ3) is 3.21. The van der Waals surface area contributed by atoms with Gasteiger partial charge in [-0.25, -0.2) is 4.98 Å². The fourth-order valence-electron chi connectivity index (χ4n) is 1.68. The van der Waals surface area contributed by atoms with E-state index >= 15 is 0 Å². The third-order valence-corrected chi connectivity index (χ3v) is 2.62. The molecule has 0 aliphatic heterocycles. The van der Waals surface area contributed by atoms with Gasteiger partial charge in [-0.2, -0.15) is 0 Å². The summed E-state index contributed by atoms with van der Waals surface area (Å²) in [7, 11) is 0. The molecule has 3 N–H and O–H groups in total. The second-order valence-electron chi connectivity index (χ2n) is 4.58. The maximum Gasteiger partial charge on any atom is 0.222 e. The second-order valence-corrected chi connectivity index (χ2v) is 4.58. The van der Waals surface area contributed by atoms with E-state index in [1.54, 1.807) is 6.20 Å². The lowest BCUT2D eigenvalue weighted by Crippen LogP contribution is -2.35. The number of hydrogen-bond donors (Lipinski definition) is 3. The molecule has 0 radical (unpaired) electrons. The Morgan fingerprint density at radius 3 is 3.06 bits per heavy atom. The number of nitrogens with zero attached hydrogens (tertiary/aromatic N) is 1. The van der Waals surface area contributed by atoms with Crippen molar-refractivity contribution in [3.05, 3.63) is 24.5 Å². The van der Waals surface area contributed by atoms with Gasteiger partial charge in [-0.15, -0.1) is 0 Å². The molecule has 0 saturated heterocycles. The highest BCUT2D eigenvalue weighted by Gasteiger charge is 2.09. The predicted octanol–water partition coefficient (Wildman–Crippen LogP) is 1.30. The number of nitrogens with one attached hydrogen (secondary N) is 2. The molecule has 0 spiro atoms. The molecule has 1 atom stereocenters. The fourth-order valence-corrected chi connectivity index (χ4v) is 1.68. The minimum Gasteiger partial charge on any atom is -0.474 e. The van der Waals surface area contributed by atoms with Gasteiger partial charge in [0.15, 0.2) is 0 Å². The van der Waals surface area contributed by atoms with E-state index in [1.165, 1.54) is 0 Å². The Morgan fingerprint density at radius 1 is 1.44 bits per heavy atom. The van der Waals surface area contributed by atoms with Gasteiger partial charge < -0.3 is 20.1 Å². The van der Waals surface area contributed by atoms with Crippen molar-refractivity contribution in [3.8, 4) is 5.88 Å². The molecule has 0 bridgehead atoms. The first-order chi connectivity index (χ1) is 8.66. The molecule has 0 aromatic carbocycles. The summed E-state index contributed by atoms with van der Waals surface area (Å²) in [6.07, 6.45) is 2.99. The van der Waals surface area contributed by atoms with Crippen LogP contribution >= 0.6 is 0 Å². The normalized spacial score (nSPS) is 13.1. The molecule has 5 nitrogen and oxygen atoms in total. The highest BCUT2D eigenvalue weighted by atomic mass is 16.5. The van der Waals surface area contributed by atoms with E-state index in [2.05, 4.69) is 15.3 Å². The number of rotatable bonds is 6. The fraction of sp³-hybridized carbons (Fsp3) is 0.462. The Hall–Kier alpha value is -1.59. The first-order valence-corrected chi connectivity index (χ1v) is 6.13. The van der Waals surface area contributed by atoms with E-state index in [9.17, 15) is 5.11 Å². The Bertz CT molecular complexity index is 496. The highest BCUT2D eigenvalue weighted by molar-refractivity contribution is 5.83. The van der Waals surface area contributed by atoms with Crippen molar-refractivity contribution in [2.75, 3.05) is 13.2 Å². The predicted molar refractivity (Wildman–Crippen MR) is 70.7 cm³/mol. The van der Waals surface area contributed by atoms with Gasteiger partial charge in [0.2, 0.25) is 5.88 Å². The van der Waals surface area contributed by atoms with Crippen LogP contribution in [0.15, 0.2) is 24.5 Å². The lowest BCUT2D eigenvalue weighted by Gasteiger charge is -2.14. The Morgan fingerprint density at radius 2 is 2.28 bits per heavy atom. The number of pyridine rings is 1. The van der Waals surface area contributed by atoms with Crippen LogP contribution in [-0.4, -0.2) is 40.4 Å². The SMILES string of the molecule is CC(C)NCC(O)COc1nccc2[nH]ccc12. The molecule has 0 aliphatic rings. The maximum absolute atomic E-state index is 9.76. The number of aliphatic hydroxyl groups is 1. The van der Waals surface area contributed by atoms with Crippen LogP contribution in [0.3, 0.4) is 0 Å². The average molecular weight is 249 g/mol. The lowest BCUT2D eigenvalue weighted by atomic mass is 10.3. The van der Waals surface area contributed by atoms with E-state index in [0.29, 0.717) is 18.5 Å². The second kappa shape index (κ2) is 5.84. The molecular weight excluding hydrogens is 230 g/mol. The first kappa shape index (κ1) is 12.9. The summed E-state index contributed by atoms with van der Waals surface area (Å²) in [5.74, 6) is 0.553. The summed E-state index contributed by atoms with van der Waals surface area (Å²) in [4.78, 5) is 7.27. The molecule has 0 amide bonds.